The summed E-state index contributed by atoms with van der Waals surface area (Å²) < 4.78 is 4.84. The molecule has 21 heavy (non-hydrogen) atoms. The van der Waals surface area contributed by atoms with Crippen LogP contribution in [-0.4, -0.2) is 29.5 Å². The van der Waals surface area contributed by atoms with Crippen LogP contribution in [0.1, 0.15) is 19.5 Å². The van der Waals surface area contributed by atoms with Crippen molar-refractivity contribution in [3.63, 3.8) is 0 Å². The number of ether oxygens (including phenoxy) is 1. The van der Waals surface area contributed by atoms with Gasteiger partial charge in [0.2, 0.25) is 5.91 Å². The third-order valence-corrected chi connectivity index (χ3v) is 4.57. The van der Waals surface area contributed by atoms with Gasteiger partial charge in [-0.15, -0.1) is 22.7 Å². The van der Waals surface area contributed by atoms with E-state index >= 15 is 0 Å². The van der Waals surface area contributed by atoms with Gasteiger partial charge in [-0.25, -0.2) is 9.78 Å². The second-order valence-electron chi connectivity index (χ2n) is 4.34. The van der Waals surface area contributed by atoms with E-state index in [1.807, 2.05) is 22.9 Å². The summed E-state index contributed by atoms with van der Waals surface area (Å²) in [5.74, 6) is -0.665. The van der Waals surface area contributed by atoms with Gasteiger partial charge in [-0.3, -0.25) is 4.79 Å². The summed E-state index contributed by atoms with van der Waals surface area (Å²) >= 11 is 3.12. The highest BCUT2D eigenvalue weighted by Gasteiger charge is 2.17. The Balaban J connectivity index is 1.90. The molecule has 0 saturated heterocycles. The molecule has 0 radical (unpaired) electrons. The number of nitrogens with one attached hydrogen (secondary N) is 1. The van der Waals surface area contributed by atoms with Gasteiger partial charge in [0.05, 0.1) is 23.6 Å². The Labute approximate surface area is 131 Å². The third kappa shape index (κ3) is 4.37. The molecule has 2 rings (SSSR count). The Morgan fingerprint density at radius 1 is 1.43 bits per heavy atom. The number of esters is 1. The van der Waals surface area contributed by atoms with Crippen LogP contribution >= 0.6 is 22.7 Å². The number of carbonyl (C=O) groups is 2. The highest BCUT2D eigenvalue weighted by Crippen LogP contribution is 2.27. The molecule has 0 aliphatic heterocycles. The molecule has 0 aliphatic rings. The minimum Gasteiger partial charge on any atom is -0.464 e. The van der Waals surface area contributed by atoms with Gasteiger partial charge in [-0.05, 0) is 25.3 Å². The molecule has 1 atom stereocenters. The summed E-state index contributed by atoms with van der Waals surface area (Å²) in [7, 11) is 0. The average molecular weight is 324 g/mol. The van der Waals surface area contributed by atoms with Gasteiger partial charge >= 0.3 is 5.97 Å². The maximum Gasteiger partial charge on any atom is 0.328 e. The molecule has 1 amide bonds. The van der Waals surface area contributed by atoms with Crippen LogP contribution in [0, 0.1) is 0 Å². The predicted molar refractivity (Wildman–Crippen MR) is 83.4 cm³/mol. The van der Waals surface area contributed by atoms with Gasteiger partial charge in [-0.1, -0.05) is 6.07 Å². The molecule has 112 valence electrons. The fourth-order valence-corrected chi connectivity index (χ4v) is 3.32. The first kappa shape index (κ1) is 15.7. The molecule has 0 bridgehead atoms. The Kier molecular flexibility index (Phi) is 5.46. The normalized spacial score (nSPS) is 11.9. The lowest BCUT2D eigenvalue weighted by Crippen LogP contribution is -2.40. The summed E-state index contributed by atoms with van der Waals surface area (Å²) in [6, 6.07) is 3.32. The van der Waals surface area contributed by atoms with Crippen LogP contribution in [0.5, 0.6) is 0 Å². The second-order valence-corrected chi connectivity index (χ2v) is 6.15. The zero-order valence-electron chi connectivity index (χ0n) is 11.8. The maximum absolute atomic E-state index is 11.9. The number of carbonyl (C=O) groups excluding carboxylic acids is 2. The van der Waals surface area contributed by atoms with Crippen molar-refractivity contribution in [2.24, 2.45) is 0 Å². The van der Waals surface area contributed by atoms with Crippen molar-refractivity contribution in [1.29, 1.82) is 0 Å². The topological polar surface area (TPSA) is 68.3 Å². The number of nitrogens with zero attached hydrogens (tertiary/aromatic N) is 1. The van der Waals surface area contributed by atoms with Gasteiger partial charge in [0.25, 0.3) is 0 Å². The number of hydrogen-bond donors (Lipinski definition) is 1. The van der Waals surface area contributed by atoms with Crippen molar-refractivity contribution in [2.45, 2.75) is 26.3 Å². The van der Waals surface area contributed by atoms with E-state index in [9.17, 15) is 9.59 Å². The van der Waals surface area contributed by atoms with E-state index in [1.54, 1.807) is 25.2 Å². The number of hydrogen-bond acceptors (Lipinski definition) is 6. The van der Waals surface area contributed by atoms with Crippen LogP contribution in [0.25, 0.3) is 9.88 Å². The molecule has 5 nitrogen and oxygen atoms in total. The maximum atomic E-state index is 11.9. The number of rotatable bonds is 6. The van der Waals surface area contributed by atoms with Crippen molar-refractivity contribution in [3.05, 3.63) is 28.6 Å². The summed E-state index contributed by atoms with van der Waals surface area (Å²) in [6.07, 6.45) is 0.158. The first-order valence-electron chi connectivity index (χ1n) is 6.54. The van der Waals surface area contributed by atoms with Crippen LogP contribution in [0.3, 0.4) is 0 Å². The van der Waals surface area contributed by atoms with Gasteiger partial charge in [0.15, 0.2) is 0 Å². The van der Waals surface area contributed by atoms with Crippen molar-refractivity contribution in [2.75, 3.05) is 6.61 Å². The molecule has 0 aromatic carbocycles. The zero-order valence-corrected chi connectivity index (χ0v) is 13.4. The van der Waals surface area contributed by atoms with Crippen LogP contribution < -0.4 is 5.32 Å². The zero-order chi connectivity index (χ0) is 15.2. The van der Waals surface area contributed by atoms with E-state index in [-0.39, 0.29) is 12.3 Å². The van der Waals surface area contributed by atoms with E-state index in [4.69, 9.17) is 4.74 Å². The lowest BCUT2D eigenvalue weighted by atomic mass is 10.3. The summed E-state index contributed by atoms with van der Waals surface area (Å²) in [5.41, 5.74) is 0.706. The fraction of sp³-hybridized carbons (Fsp3) is 0.357. The monoisotopic (exact) mass is 324 g/mol. The van der Waals surface area contributed by atoms with Gasteiger partial charge < -0.3 is 10.1 Å². The largest absolute Gasteiger partial charge is 0.464 e. The highest BCUT2D eigenvalue weighted by molar-refractivity contribution is 7.20. The first-order chi connectivity index (χ1) is 10.1. The molecule has 7 heteroatoms. The van der Waals surface area contributed by atoms with Crippen molar-refractivity contribution in [1.82, 2.24) is 10.3 Å². The van der Waals surface area contributed by atoms with Crippen LogP contribution in [-0.2, 0) is 20.7 Å². The Morgan fingerprint density at radius 3 is 2.90 bits per heavy atom. The van der Waals surface area contributed by atoms with Gasteiger partial charge in [0.1, 0.15) is 11.0 Å². The van der Waals surface area contributed by atoms with Gasteiger partial charge in [0, 0.05) is 5.38 Å². The number of thiophene rings is 1. The third-order valence-electron chi connectivity index (χ3n) is 2.64. The van der Waals surface area contributed by atoms with Crippen molar-refractivity contribution in [3.8, 4) is 9.88 Å². The van der Waals surface area contributed by atoms with Crippen molar-refractivity contribution < 1.29 is 14.3 Å². The number of aromatic nitrogens is 1. The molecule has 2 aromatic rings. The summed E-state index contributed by atoms with van der Waals surface area (Å²) in [5, 5.41) is 7.37. The predicted octanol–water partition coefficient (Wildman–Crippen LogP) is 2.48. The Hall–Kier alpha value is -1.73. The lowest BCUT2D eigenvalue weighted by molar-refractivity contribution is -0.146. The van der Waals surface area contributed by atoms with Crippen LogP contribution in [0.4, 0.5) is 0 Å². The molecule has 0 fully saturated rings. The molecule has 1 unspecified atom stereocenters. The van der Waals surface area contributed by atoms with Gasteiger partial charge in [-0.2, -0.15) is 0 Å². The molecule has 0 spiro atoms. The van der Waals surface area contributed by atoms with E-state index in [1.165, 1.54) is 11.3 Å². The highest BCUT2D eigenvalue weighted by atomic mass is 32.1. The first-order valence-corrected chi connectivity index (χ1v) is 8.30. The summed E-state index contributed by atoms with van der Waals surface area (Å²) in [4.78, 5) is 28.8. The van der Waals surface area contributed by atoms with E-state index < -0.39 is 12.0 Å². The minimum atomic E-state index is -0.646. The molecule has 1 N–H and O–H groups in total. The smallest absolute Gasteiger partial charge is 0.328 e. The second kappa shape index (κ2) is 7.33. The standard InChI is InChI=1S/C14H16N2O3S2/c1-3-19-14(18)9(2)15-12(17)7-10-8-21-13(16-10)11-5-4-6-20-11/h4-6,8-9H,3,7H2,1-2H3,(H,15,17). The Morgan fingerprint density at radius 2 is 2.24 bits per heavy atom. The molecular weight excluding hydrogens is 308 g/mol. The average Bonchev–Trinajstić information content (AvgIpc) is 3.08. The quantitative estimate of drug-likeness (QED) is 0.829. The summed E-state index contributed by atoms with van der Waals surface area (Å²) in [6.45, 7) is 3.64. The van der Waals surface area contributed by atoms with E-state index in [0.717, 1.165) is 9.88 Å². The van der Waals surface area contributed by atoms with E-state index in [2.05, 4.69) is 10.3 Å². The SMILES string of the molecule is CCOC(=O)C(C)NC(=O)Cc1csc(-c2cccs2)n1. The minimum absolute atomic E-state index is 0.158. The molecular formula is C14H16N2O3S2. The fourth-order valence-electron chi connectivity index (χ4n) is 1.68. The number of thiazole rings is 1. The molecule has 0 aliphatic carbocycles. The molecule has 0 saturated carbocycles. The molecule has 2 aromatic heterocycles. The van der Waals surface area contributed by atoms with Crippen LogP contribution in [0.2, 0.25) is 0 Å². The van der Waals surface area contributed by atoms with Crippen molar-refractivity contribution >= 4 is 34.6 Å². The number of amides is 1. The molecule has 2 heterocycles. The Bertz CT molecular complexity index is 608. The van der Waals surface area contributed by atoms with E-state index in [0.29, 0.717) is 12.3 Å². The van der Waals surface area contributed by atoms with Crippen LogP contribution in [0.15, 0.2) is 22.9 Å². The lowest BCUT2D eigenvalue weighted by Gasteiger charge is -2.11.